The topological polar surface area (TPSA) is 55.6 Å². The van der Waals surface area contributed by atoms with Gasteiger partial charge in [0.1, 0.15) is 0 Å². The van der Waals surface area contributed by atoms with Crippen LogP contribution in [-0.4, -0.2) is 46.1 Å². The Hall–Kier alpha value is -0.880. The molecule has 6 heteroatoms. The summed E-state index contributed by atoms with van der Waals surface area (Å²) in [6.45, 7) is 6.87. The Morgan fingerprint density at radius 1 is 1.67 bits per heavy atom. The van der Waals surface area contributed by atoms with Crippen LogP contribution < -0.4 is 0 Å². The highest BCUT2D eigenvalue weighted by Crippen LogP contribution is 2.23. The summed E-state index contributed by atoms with van der Waals surface area (Å²) in [4.78, 5) is 14.0. The van der Waals surface area contributed by atoms with Crippen LogP contribution in [0.15, 0.2) is 10.6 Å². The predicted molar refractivity (Wildman–Crippen MR) is 69.9 cm³/mol. The molecule has 1 aromatic rings. The first-order valence-corrected chi connectivity index (χ1v) is 7.00. The molecular formula is C12H17BrN2O3. The quantitative estimate of drug-likeness (QED) is 0.783. The first kappa shape index (κ1) is 13.5. The zero-order valence-electron chi connectivity index (χ0n) is 10.8. The number of amides is 1. The fourth-order valence-electron chi connectivity index (χ4n) is 2.15. The van der Waals surface area contributed by atoms with Gasteiger partial charge < -0.3 is 14.2 Å². The van der Waals surface area contributed by atoms with E-state index in [1.807, 2.05) is 13.8 Å². The Labute approximate surface area is 115 Å². The molecule has 100 valence electrons. The summed E-state index contributed by atoms with van der Waals surface area (Å²) in [5.74, 6) is 0.163. The number of ether oxygens (including phenoxy) is 1. The van der Waals surface area contributed by atoms with E-state index in [9.17, 15) is 4.79 Å². The largest absolute Gasteiger partial charge is 0.368 e. The lowest BCUT2D eigenvalue weighted by molar-refractivity contribution is -0.117. The second kappa shape index (κ2) is 5.01. The van der Waals surface area contributed by atoms with E-state index >= 15 is 0 Å². The highest BCUT2D eigenvalue weighted by Gasteiger charge is 2.36. The van der Waals surface area contributed by atoms with E-state index in [4.69, 9.17) is 9.26 Å². The zero-order valence-corrected chi connectivity index (χ0v) is 12.4. The molecule has 1 amide bonds. The maximum absolute atomic E-state index is 12.3. The molecule has 2 heterocycles. The number of alkyl halides is 1. The first-order valence-electron chi connectivity index (χ1n) is 5.87. The highest BCUT2D eigenvalue weighted by atomic mass is 79.9. The number of rotatable bonds is 2. The van der Waals surface area contributed by atoms with E-state index in [0.29, 0.717) is 29.9 Å². The fraction of sp³-hybridized carbons (Fsp3) is 0.667. The molecule has 1 aromatic heterocycles. The van der Waals surface area contributed by atoms with Gasteiger partial charge in [-0.3, -0.25) is 4.79 Å². The molecule has 0 aliphatic carbocycles. The summed E-state index contributed by atoms with van der Waals surface area (Å²) in [5.41, 5.74) is 0.365. The van der Waals surface area contributed by atoms with Crippen molar-refractivity contribution in [1.29, 1.82) is 0 Å². The highest BCUT2D eigenvalue weighted by molar-refractivity contribution is 9.09. The second-order valence-corrected chi connectivity index (χ2v) is 5.82. The Morgan fingerprint density at radius 3 is 2.94 bits per heavy atom. The number of hydrogen-bond donors (Lipinski definition) is 0. The van der Waals surface area contributed by atoms with Crippen molar-refractivity contribution in [3.05, 3.63) is 17.5 Å². The van der Waals surface area contributed by atoms with Crippen LogP contribution in [0.1, 0.15) is 30.1 Å². The molecule has 0 saturated carbocycles. The summed E-state index contributed by atoms with van der Waals surface area (Å²) >= 11 is 3.40. The predicted octanol–water partition coefficient (Wildman–Crippen LogP) is 2.00. The van der Waals surface area contributed by atoms with Gasteiger partial charge in [-0.15, -0.1) is 0 Å². The van der Waals surface area contributed by atoms with Crippen LogP contribution in [0.5, 0.6) is 0 Å². The van der Waals surface area contributed by atoms with Gasteiger partial charge >= 0.3 is 0 Å². The molecule has 1 aliphatic rings. The number of nitrogens with zero attached hydrogens (tertiary/aromatic N) is 2. The molecule has 1 unspecified atom stereocenters. The van der Waals surface area contributed by atoms with E-state index < -0.39 is 0 Å². The summed E-state index contributed by atoms with van der Waals surface area (Å²) in [7, 11) is 0. The van der Waals surface area contributed by atoms with Crippen LogP contribution in [0.4, 0.5) is 0 Å². The van der Waals surface area contributed by atoms with Crippen molar-refractivity contribution < 1.29 is 14.1 Å². The number of aryl methyl sites for hydroxylation is 1. The van der Waals surface area contributed by atoms with Gasteiger partial charge in [-0.1, -0.05) is 21.1 Å². The molecule has 1 aliphatic heterocycles. The third-order valence-corrected chi connectivity index (χ3v) is 3.50. The van der Waals surface area contributed by atoms with E-state index in [2.05, 4.69) is 21.1 Å². The van der Waals surface area contributed by atoms with Crippen molar-refractivity contribution in [1.82, 2.24) is 10.1 Å². The molecule has 0 radical (unpaired) electrons. The van der Waals surface area contributed by atoms with Crippen molar-refractivity contribution in [3.8, 4) is 0 Å². The van der Waals surface area contributed by atoms with Crippen LogP contribution in [0, 0.1) is 6.92 Å². The lowest BCUT2D eigenvalue weighted by atomic mass is 10.1. The lowest BCUT2D eigenvalue weighted by Gasteiger charge is -2.41. The van der Waals surface area contributed by atoms with Gasteiger partial charge in [0, 0.05) is 24.5 Å². The Balaban J connectivity index is 2.14. The molecule has 1 saturated heterocycles. The summed E-state index contributed by atoms with van der Waals surface area (Å²) < 4.78 is 10.9. The van der Waals surface area contributed by atoms with Crippen LogP contribution >= 0.6 is 15.9 Å². The average molecular weight is 317 g/mol. The van der Waals surface area contributed by atoms with Crippen molar-refractivity contribution in [2.75, 3.05) is 18.4 Å². The molecule has 2 rings (SSSR count). The minimum atomic E-state index is -0.346. The van der Waals surface area contributed by atoms with E-state index in [1.165, 1.54) is 0 Å². The molecule has 5 nitrogen and oxygen atoms in total. The van der Waals surface area contributed by atoms with Gasteiger partial charge in [0.05, 0.1) is 17.4 Å². The van der Waals surface area contributed by atoms with Crippen molar-refractivity contribution in [3.63, 3.8) is 0 Å². The van der Waals surface area contributed by atoms with E-state index in [0.717, 1.165) is 0 Å². The smallest absolute Gasteiger partial charge is 0.292 e. The van der Waals surface area contributed by atoms with Crippen LogP contribution in [0.25, 0.3) is 0 Å². The normalized spacial score (nSPS) is 23.1. The summed E-state index contributed by atoms with van der Waals surface area (Å²) in [6, 6.07) is 1.66. The summed E-state index contributed by atoms with van der Waals surface area (Å²) in [6.07, 6.45) is 0.00159. The zero-order chi connectivity index (χ0) is 13.3. The average Bonchev–Trinajstić information content (AvgIpc) is 2.72. The Kier molecular flexibility index (Phi) is 3.77. The van der Waals surface area contributed by atoms with Crippen molar-refractivity contribution in [2.24, 2.45) is 0 Å². The molecule has 0 spiro atoms. The minimum absolute atomic E-state index is 0.00159. The number of hydrogen-bond acceptors (Lipinski definition) is 4. The fourth-order valence-corrected chi connectivity index (χ4v) is 2.49. The minimum Gasteiger partial charge on any atom is -0.368 e. The monoisotopic (exact) mass is 316 g/mol. The second-order valence-electron chi connectivity index (χ2n) is 5.17. The van der Waals surface area contributed by atoms with Gasteiger partial charge in [-0.25, -0.2) is 0 Å². The number of carbonyl (C=O) groups excluding carboxylic acids is 1. The van der Waals surface area contributed by atoms with E-state index in [-0.39, 0.29) is 17.6 Å². The van der Waals surface area contributed by atoms with Crippen molar-refractivity contribution in [2.45, 2.75) is 32.5 Å². The standard InChI is InChI=1S/C12H17BrN2O3/c1-8-4-10(18-14-8)11(16)15-6-9(5-13)17-12(2,3)7-15/h4,9H,5-7H2,1-3H3. The Morgan fingerprint density at radius 2 is 2.39 bits per heavy atom. The molecule has 18 heavy (non-hydrogen) atoms. The molecule has 0 N–H and O–H groups in total. The first-order chi connectivity index (χ1) is 8.41. The SMILES string of the molecule is Cc1cc(C(=O)N2CC(CBr)OC(C)(C)C2)on1. The molecular weight excluding hydrogens is 300 g/mol. The van der Waals surface area contributed by atoms with Gasteiger partial charge in [0.25, 0.3) is 5.91 Å². The van der Waals surface area contributed by atoms with Gasteiger partial charge in [-0.2, -0.15) is 0 Å². The van der Waals surface area contributed by atoms with Crippen molar-refractivity contribution >= 4 is 21.8 Å². The lowest BCUT2D eigenvalue weighted by Crippen LogP contribution is -2.55. The summed E-state index contributed by atoms with van der Waals surface area (Å²) in [5, 5.41) is 4.45. The van der Waals surface area contributed by atoms with Gasteiger partial charge in [-0.05, 0) is 20.8 Å². The van der Waals surface area contributed by atoms with E-state index in [1.54, 1.807) is 17.9 Å². The third-order valence-electron chi connectivity index (χ3n) is 2.78. The van der Waals surface area contributed by atoms with Crippen LogP contribution in [0.3, 0.4) is 0 Å². The number of halogens is 1. The molecule has 0 aromatic carbocycles. The maximum Gasteiger partial charge on any atom is 0.292 e. The van der Waals surface area contributed by atoms with Gasteiger partial charge in [0.2, 0.25) is 5.76 Å². The number of carbonyl (C=O) groups is 1. The number of morpholine rings is 1. The van der Waals surface area contributed by atoms with Crippen LogP contribution in [0.2, 0.25) is 0 Å². The maximum atomic E-state index is 12.3. The molecule has 1 atom stereocenters. The third kappa shape index (κ3) is 2.92. The Bertz CT molecular complexity index is 444. The van der Waals surface area contributed by atoms with Gasteiger partial charge in [0.15, 0.2) is 0 Å². The van der Waals surface area contributed by atoms with Crippen LogP contribution in [-0.2, 0) is 4.74 Å². The molecule has 0 bridgehead atoms. The molecule has 1 fully saturated rings. The number of aromatic nitrogens is 1.